The second kappa shape index (κ2) is 11.6. The van der Waals surface area contributed by atoms with Gasteiger partial charge < -0.3 is 11.5 Å². The van der Waals surface area contributed by atoms with Crippen molar-refractivity contribution in [2.45, 2.75) is 0 Å². The predicted octanol–water partition coefficient (Wildman–Crippen LogP) is 0.552. The summed E-state index contributed by atoms with van der Waals surface area (Å²) in [5, 5.41) is 0. The number of hydrogen-bond donors (Lipinski definition) is 3. The van der Waals surface area contributed by atoms with Crippen molar-refractivity contribution in [3.8, 4) is 0 Å². The molecular weight excluding hydrogens is 312 g/mol. The molecule has 14 heavy (non-hydrogen) atoms. The van der Waals surface area contributed by atoms with Gasteiger partial charge in [0.25, 0.3) is 0 Å². The topological polar surface area (TPSA) is 95.1 Å². The van der Waals surface area contributed by atoms with E-state index in [1.54, 1.807) is 0 Å². The van der Waals surface area contributed by atoms with Gasteiger partial charge in [-0.05, 0) is 0 Å². The van der Waals surface area contributed by atoms with Crippen LogP contribution < -0.4 is 17.2 Å². The van der Waals surface area contributed by atoms with Gasteiger partial charge in [0, 0.05) is 11.5 Å². The molecule has 4 nitrogen and oxygen atoms in total. The van der Waals surface area contributed by atoms with Crippen molar-refractivity contribution < 1.29 is 23.1 Å². The number of nitrogens with two attached hydrogens (primary N) is 3. The van der Waals surface area contributed by atoms with Crippen molar-refractivity contribution in [2.75, 3.05) is 11.5 Å². The normalized spacial score (nSPS) is 8.43. The first-order chi connectivity index (χ1) is 6.36. The first-order valence-corrected chi connectivity index (χ1v) is 7.59. The molecule has 0 aromatic rings. The zero-order valence-electron chi connectivity index (χ0n) is 7.39. The van der Waals surface area contributed by atoms with Crippen LogP contribution in [0.2, 0.25) is 0 Å². The molecule has 0 atom stereocenters. The van der Waals surface area contributed by atoms with Crippen LogP contribution in [0.3, 0.4) is 0 Å². The fourth-order valence-electron chi connectivity index (χ4n) is 0.285. The van der Waals surface area contributed by atoms with Gasteiger partial charge in [0.2, 0.25) is 0 Å². The Labute approximate surface area is 112 Å². The molecule has 1 amide bonds. The van der Waals surface area contributed by atoms with Crippen LogP contribution >= 0.6 is 48.0 Å². The zero-order chi connectivity index (χ0) is 11.6. The van der Waals surface area contributed by atoms with Gasteiger partial charge in [0.05, 0.1) is 0 Å². The molecule has 0 heterocycles. The maximum absolute atomic E-state index is 9.28. The molecule has 0 aromatic carbocycles. The molecule has 0 radical (unpaired) electrons. The van der Waals surface area contributed by atoms with E-state index in [0.717, 1.165) is 11.5 Å². The predicted molar refractivity (Wildman–Crippen MR) is 68.1 cm³/mol. The molecular formula is C5H10N3OS4Zn. The van der Waals surface area contributed by atoms with E-state index in [1.165, 1.54) is 23.5 Å². The van der Waals surface area contributed by atoms with E-state index in [4.69, 9.17) is 11.5 Å². The minimum atomic E-state index is -0.208. The van der Waals surface area contributed by atoms with Crippen LogP contribution in [0.15, 0.2) is 0 Å². The number of thioether (sulfide) groups is 2. The Kier molecular flexibility index (Phi) is 14.1. The Bertz CT molecular complexity index is 193. The molecule has 0 aromatic heterocycles. The third-order valence-corrected chi connectivity index (χ3v) is 2.92. The SMILES string of the molecule is NC(=S)SCCSC(N)=S.N[C](=O)[Zn]. The Morgan fingerprint density at radius 3 is 1.43 bits per heavy atom. The van der Waals surface area contributed by atoms with E-state index in [-0.39, 0.29) is 4.50 Å². The molecule has 0 saturated heterocycles. The molecule has 0 saturated carbocycles. The molecule has 9 heteroatoms. The minimum absolute atomic E-state index is 0.208. The van der Waals surface area contributed by atoms with Crippen LogP contribution in [0.5, 0.6) is 0 Å². The fraction of sp³-hybridized carbons (Fsp3) is 0.400. The van der Waals surface area contributed by atoms with E-state index in [1.807, 2.05) is 0 Å². The zero-order valence-corrected chi connectivity index (χ0v) is 13.6. The van der Waals surface area contributed by atoms with E-state index in [9.17, 15) is 4.79 Å². The van der Waals surface area contributed by atoms with Crippen LogP contribution in [-0.4, -0.2) is 24.6 Å². The van der Waals surface area contributed by atoms with E-state index in [2.05, 4.69) is 30.2 Å². The second-order valence-electron chi connectivity index (χ2n) is 1.80. The van der Waals surface area contributed by atoms with Crippen molar-refractivity contribution in [1.82, 2.24) is 0 Å². The summed E-state index contributed by atoms with van der Waals surface area (Å²) < 4.78 is 0.743. The van der Waals surface area contributed by atoms with Gasteiger partial charge in [-0.1, -0.05) is 48.0 Å². The average Bonchev–Trinajstić information content (AvgIpc) is 1.96. The van der Waals surface area contributed by atoms with Crippen molar-refractivity contribution in [3.63, 3.8) is 0 Å². The van der Waals surface area contributed by atoms with Gasteiger partial charge in [0.1, 0.15) is 8.64 Å². The van der Waals surface area contributed by atoms with Gasteiger partial charge in [-0.25, -0.2) is 0 Å². The van der Waals surface area contributed by atoms with E-state index < -0.39 is 0 Å². The number of rotatable bonds is 3. The first kappa shape index (κ1) is 17.0. The molecule has 0 rings (SSSR count). The Balaban J connectivity index is 0. The molecule has 6 N–H and O–H groups in total. The molecule has 0 spiro atoms. The van der Waals surface area contributed by atoms with Gasteiger partial charge in [-0.2, -0.15) is 0 Å². The summed E-state index contributed by atoms with van der Waals surface area (Å²) in [4.78, 5) is 9.28. The third-order valence-electron chi connectivity index (χ3n) is 0.572. The molecule has 0 fully saturated rings. The molecule has 0 aliphatic heterocycles. The second-order valence-corrected chi connectivity index (χ2v) is 6.93. The fourth-order valence-corrected chi connectivity index (χ4v) is 1.85. The van der Waals surface area contributed by atoms with Crippen molar-refractivity contribution >= 4 is 61.1 Å². The quantitative estimate of drug-likeness (QED) is 0.397. The number of carbonyl (C=O) groups excluding carboxylic acids is 1. The first-order valence-electron chi connectivity index (χ1n) is 3.32. The van der Waals surface area contributed by atoms with Crippen LogP contribution in [0, 0.1) is 0 Å². The number of thiocarbonyl (C=S) groups is 2. The Morgan fingerprint density at radius 1 is 1.07 bits per heavy atom. The van der Waals surface area contributed by atoms with Crippen LogP contribution in [-0.2, 0) is 18.3 Å². The third kappa shape index (κ3) is 29.4. The summed E-state index contributed by atoms with van der Waals surface area (Å²) in [5.41, 5.74) is 15.0. The maximum atomic E-state index is 9.28. The Hall–Kier alpha value is 0.573. The number of carbonyl (C=O) groups is 1. The summed E-state index contributed by atoms with van der Waals surface area (Å²) >= 11 is 12.7. The summed E-state index contributed by atoms with van der Waals surface area (Å²) in [5.74, 6) is 1.74. The summed E-state index contributed by atoms with van der Waals surface area (Å²) in [7, 11) is 0. The van der Waals surface area contributed by atoms with Gasteiger partial charge in [-0.15, -0.1) is 0 Å². The van der Waals surface area contributed by atoms with Crippen molar-refractivity contribution in [1.29, 1.82) is 0 Å². The summed E-state index contributed by atoms with van der Waals surface area (Å²) in [6, 6.07) is 0. The van der Waals surface area contributed by atoms with E-state index >= 15 is 0 Å². The molecule has 0 aliphatic rings. The number of hydrogen-bond acceptors (Lipinski definition) is 5. The van der Waals surface area contributed by atoms with E-state index in [0.29, 0.717) is 26.9 Å². The number of amides is 1. The molecule has 0 bridgehead atoms. The molecule has 0 unspecified atom stereocenters. The average molecular weight is 322 g/mol. The van der Waals surface area contributed by atoms with Crippen LogP contribution in [0.1, 0.15) is 0 Å². The van der Waals surface area contributed by atoms with Gasteiger partial charge in [0.15, 0.2) is 0 Å². The number of primary amides is 1. The Morgan fingerprint density at radius 2 is 1.29 bits per heavy atom. The molecule has 77 valence electrons. The van der Waals surface area contributed by atoms with Crippen molar-refractivity contribution in [3.05, 3.63) is 0 Å². The van der Waals surface area contributed by atoms with Crippen LogP contribution in [0.25, 0.3) is 0 Å². The monoisotopic (exact) mass is 320 g/mol. The van der Waals surface area contributed by atoms with Crippen molar-refractivity contribution in [2.24, 2.45) is 17.2 Å². The molecule has 0 aliphatic carbocycles. The van der Waals surface area contributed by atoms with Gasteiger partial charge >= 0.3 is 33.3 Å². The summed E-state index contributed by atoms with van der Waals surface area (Å²) in [6.45, 7) is 0. The summed E-state index contributed by atoms with van der Waals surface area (Å²) in [6.07, 6.45) is 0. The standard InChI is InChI=1S/C4H8N2S4.CH2NO.Zn/c5-3(7)9-1-2-10-4(6)8;2-1-3;/h1-2H2,(H2,5,7)(H2,6,8);(H2,2,3);. The van der Waals surface area contributed by atoms with Crippen LogP contribution in [0.4, 0.5) is 4.79 Å². The van der Waals surface area contributed by atoms with Gasteiger partial charge in [-0.3, -0.25) is 0 Å².